The summed E-state index contributed by atoms with van der Waals surface area (Å²) < 4.78 is 6.60. The average Bonchev–Trinajstić information content (AvgIpc) is 3.07. The van der Waals surface area contributed by atoms with Crippen molar-refractivity contribution in [3.05, 3.63) is 29.3 Å². The number of hydrogen-bond donors (Lipinski definition) is 0. The smallest absolute Gasteiger partial charge is 0.236 e. The van der Waals surface area contributed by atoms with E-state index in [1.807, 2.05) is 11.0 Å². The molecule has 0 radical (unpaired) electrons. The van der Waals surface area contributed by atoms with Gasteiger partial charge in [-0.25, -0.2) is 4.98 Å². The van der Waals surface area contributed by atoms with E-state index < -0.39 is 0 Å². The van der Waals surface area contributed by atoms with Crippen LogP contribution in [0.5, 0.6) is 0 Å². The van der Waals surface area contributed by atoms with Crippen molar-refractivity contribution >= 4 is 27.5 Å². The Hall–Kier alpha value is -1.50. The lowest BCUT2D eigenvalue weighted by atomic mass is 9.98. The van der Waals surface area contributed by atoms with Crippen LogP contribution >= 0.6 is 11.3 Å². The zero-order chi connectivity index (χ0) is 16.4. The zero-order valence-corrected chi connectivity index (χ0v) is 14.6. The van der Waals surface area contributed by atoms with Crippen LogP contribution in [-0.4, -0.2) is 66.6 Å². The van der Waals surface area contributed by atoms with Gasteiger partial charge < -0.3 is 9.64 Å². The van der Waals surface area contributed by atoms with Gasteiger partial charge in [-0.15, -0.1) is 11.3 Å². The number of carbonyl (C=O) groups excluding carboxylic acids is 1. The molecule has 3 heterocycles. The van der Waals surface area contributed by atoms with Crippen LogP contribution in [0, 0.1) is 0 Å². The number of thiazole rings is 1. The normalized spacial score (nSPS) is 22.8. The SMILES string of the molecule is O=C(CN1CCOCC1)N1CCC[C@H](c2nc3ccccc3s2)C1. The van der Waals surface area contributed by atoms with E-state index in [0.29, 0.717) is 12.5 Å². The van der Waals surface area contributed by atoms with Crippen LogP contribution in [0.25, 0.3) is 10.2 Å². The molecule has 2 aliphatic rings. The van der Waals surface area contributed by atoms with Gasteiger partial charge in [0.25, 0.3) is 0 Å². The molecule has 4 rings (SSSR count). The van der Waals surface area contributed by atoms with Crippen LogP contribution in [0.15, 0.2) is 24.3 Å². The maximum Gasteiger partial charge on any atom is 0.236 e. The van der Waals surface area contributed by atoms with Gasteiger partial charge in [0.15, 0.2) is 0 Å². The van der Waals surface area contributed by atoms with Gasteiger partial charge in [-0.1, -0.05) is 12.1 Å². The Morgan fingerprint density at radius 1 is 1.25 bits per heavy atom. The standard InChI is InChI=1S/C18H23N3O2S/c22-17(13-20-8-10-23-11-9-20)21-7-3-4-14(12-21)18-19-15-5-1-2-6-16(15)24-18/h1-2,5-6,14H,3-4,7-13H2/t14-/m0/s1. The van der Waals surface area contributed by atoms with Crippen LogP contribution in [-0.2, 0) is 9.53 Å². The summed E-state index contributed by atoms with van der Waals surface area (Å²) in [5.41, 5.74) is 1.08. The van der Waals surface area contributed by atoms with Gasteiger partial charge in [0.1, 0.15) is 0 Å². The number of amides is 1. The molecule has 1 atom stereocenters. The first kappa shape index (κ1) is 16.0. The van der Waals surface area contributed by atoms with Crippen molar-refractivity contribution in [1.82, 2.24) is 14.8 Å². The van der Waals surface area contributed by atoms with Gasteiger partial charge in [-0.05, 0) is 25.0 Å². The second-order valence-corrected chi connectivity index (χ2v) is 7.65. The maximum atomic E-state index is 12.6. The van der Waals surface area contributed by atoms with E-state index in [0.717, 1.165) is 57.8 Å². The first-order valence-corrected chi connectivity index (χ1v) is 9.54. The third-order valence-electron chi connectivity index (χ3n) is 4.90. The molecular formula is C18H23N3O2S. The minimum Gasteiger partial charge on any atom is -0.379 e. The molecule has 0 bridgehead atoms. The lowest BCUT2D eigenvalue weighted by Crippen LogP contribution is -2.47. The highest BCUT2D eigenvalue weighted by Gasteiger charge is 2.28. The monoisotopic (exact) mass is 345 g/mol. The van der Waals surface area contributed by atoms with Crippen LogP contribution in [0.4, 0.5) is 0 Å². The molecule has 1 aromatic heterocycles. The Morgan fingerprint density at radius 3 is 2.92 bits per heavy atom. The highest BCUT2D eigenvalue weighted by Crippen LogP contribution is 2.32. The largest absolute Gasteiger partial charge is 0.379 e. The van der Waals surface area contributed by atoms with Crippen LogP contribution in [0.3, 0.4) is 0 Å². The number of piperidine rings is 1. The summed E-state index contributed by atoms with van der Waals surface area (Å²) in [5, 5.41) is 1.18. The highest BCUT2D eigenvalue weighted by atomic mass is 32.1. The van der Waals surface area contributed by atoms with Gasteiger partial charge in [0.05, 0.1) is 35.0 Å². The van der Waals surface area contributed by atoms with Crippen molar-refractivity contribution in [1.29, 1.82) is 0 Å². The molecule has 0 N–H and O–H groups in total. The van der Waals surface area contributed by atoms with E-state index >= 15 is 0 Å². The van der Waals surface area contributed by atoms with Crippen LogP contribution in [0.1, 0.15) is 23.8 Å². The van der Waals surface area contributed by atoms with Gasteiger partial charge in [0, 0.05) is 32.1 Å². The van der Waals surface area contributed by atoms with E-state index in [9.17, 15) is 4.79 Å². The van der Waals surface area contributed by atoms with Crippen molar-refractivity contribution in [2.45, 2.75) is 18.8 Å². The molecule has 5 nitrogen and oxygen atoms in total. The molecule has 2 fully saturated rings. The van der Waals surface area contributed by atoms with Gasteiger partial charge in [-0.2, -0.15) is 0 Å². The average molecular weight is 345 g/mol. The molecule has 1 amide bonds. The minimum absolute atomic E-state index is 0.253. The van der Waals surface area contributed by atoms with Gasteiger partial charge >= 0.3 is 0 Å². The van der Waals surface area contributed by atoms with E-state index in [1.165, 1.54) is 9.71 Å². The number of rotatable bonds is 3. The first-order valence-electron chi connectivity index (χ1n) is 8.73. The summed E-state index contributed by atoms with van der Waals surface area (Å²) >= 11 is 1.78. The van der Waals surface area contributed by atoms with E-state index in [1.54, 1.807) is 11.3 Å². The number of fused-ring (bicyclic) bond motifs is 1. The lowest BCUT2D eigenvalue weighted by Gasteiger charge is -2.34. The Morgan fingerprint density at radius 2 is 2.08 bits per heavy atom. The number of carbonyl (C=O) groups is 1. The Balaban J connectivity index is 1.42. The predicted octanol–water partition coefficient (Wildman–Crippen LogP) is 2.33. The molecule has 2 aliphatic heterocycles. The number of benzene rings is 1. The van der Waals surface area contributed by atoms with Crippen molar-refractivity contribution in [2.75, 3.05) is 45.9 Å². The summed E-state index contributed by atoms with van der Waals surface area (Å²) in [7, 11) is 0. The number of likely N-dealkylation sites (tertiary alicyclic amines) is 1. The summed E-state index contributed by atoms with van der Waals surface area (Å²) in [6.07, 6.45) is 2.19. The van der Waals surface area contributed by atoms with Crippen LogP contribution < -0.4 is 0 Å². The molecule has 128 valence electrons. The lowest BCUT2D eigenvalue weighted by molar-refractivity contribution is -0.134. The number of aromatic nitrogens is 1. The summed E-state index contributed by atoms with van der Waals surface area (Å²) in [5.74, 6) is 0.632. The number of para-hydroxylation sites is 1. The Bertz CT molecular complexity index is 678. The molecule has 0 spiro atoms. The molecule has 2 aromatic rings. The molecular weight excluding hydrogens is 322 g/mol. The molecule has 0 aliphatic carbocycles. The van der Waals surface area contributed by atoms with Crippen molar-refractivity contribution in [3.8, 4) is 0 Å². The fourth-order valence-electron chi connectivity index (χ4n) is 3.52. The van der Waals surface area contributed by atoms with Crippen LogP contribution in [0.2, 0.25) is 0 Å². The maximum absolute atomic E-state index is 12.6. The number of ether oxygens (including phenoxy) is 1. The number of nitrogens with zero attached hydrogens (tertiary/aromatic N) is 3. The fourth-order valence-corrected chi connectivity index (χ4v) is 4.61. The molecule has 6 heteroatoms. The third kappa shape index (κ3) is 3.45. The molecule has 0 unspecified atom stereocenters. The molecule has 24 heavy (non-hydrogen) atoms. The Kier molecular flexibility index (Phi) is 4.78. The van der Waals surface area contributed by atoms with Crippen molar-refractivity contribution in [3.63, 3.8) is 0 Å². The minimum atomic E-state index is 0.253. The quantitative estimate of drug-likeness (QED) is 0.857. The summed E-state index contributed by atoms with van der Waals surface area (Å²) in [4.78, 5) is 21.7. The zero-order valence-electron chi connectivity index (χ0n) is 13.8. The first-order chi connectivity index (χ1) is 11.8. The van der Waals surface area contributed by atoms with E-state index in [4.69, 9.17) is 9.72 Å². The highest BCUT2D eigenvalue weighted by molar-refractivity contribution is 7.18. The topological polar surface area (TPSA) is 45.7 Å². The Labute approximate surface area is 146 Å². The number of hydrogen-bond acceptors (Lipinski definition) is 5. The number of morpholine rings is 1. The second kappa shape index (κ2) is 7.17. The van der Waals surface area contributed by atoms with Crippen molar-refractivity contribution < 1.29 is 9.53 Å². The molecule has 1 aromatic carbocycles. The summed E-state index contributed by atoms with van der Waals surface area (Å²) in [6, 6.07) is 8.29. The van der Waals surface area contributed by atoms with Gasteiger partial charge in [0.2, 0.25) is 5.91 Å². The third-order valence-corrected chi connectivity index (χ3v) is 6.10. The van der Waals surface area contributed by atoms with E-state index in [2.05, 4.69) is 23.1 Å². The fraction of sp³-hybridized carbons (Fsp3) is 0.556. The second-order valence-electron chi connectivity index (χ2n) is 6.59. The predicted molar refractivity (Wildman–Crippen MR) is 95.4 cm³/mol. The molecule has 2 saturated heterocycles. The molecule has 0 saturated carbocycles. The van der Waals surface area contributed by atoms with Gasteiger partial charge in [-0.3, -0.25) is 9.69 Å². The van der Waals surface area contributed by atoms with E-state index in [-0.39, 0.29) is 5.91 Å². The summed E-state index contributed by atoms with van der Waals surface area (Å²) in [6.45, 7) is 5.41. The van der Waals surface area contributed by atoms with Crippen molar-refractivity contribution in [2.24, 2.45) is 0 Å².